The molecule has 3 aromatic rings. The standard InChI is InChI=1S/C17H20N6O.C7H14O/c1-10-13-8-18-17(20-16(13)22-21-10)19-14-6-12-9-23(2)5-4-11(12)7-15(14)24-3;8-6-7-4-2-1-3-5-7/h6-8H,4-5,9H2,1-3H3,(H2,18,19,20,21,22);7-8H,1-6H2. The highest BCUT2D eigenvalue weighted by Gasteiger charge is 2.17. The van der Waals surface area contributed by atoms with Crippen LogP contribution in [0.25, 0.3) is 11.0 Å². The first-order valence-electron chi connectivity index (χ1n) is 11.5. The van der Waals surface area contributed by atoms with Gasteiger partial charge in [0.1, 0.15) is 5.75 Å². The maximum Gasteiger partial charge on any atom is 0.229 e. The van der Waals surface area contributed by atoms with E-state index < -0.39 is 0 Å². The van der Waals surface area contributed by atoms with Crippen LogP contribution in [-0.4, -0.2) is 57.5 Å². The molecule has 0 unspecified atom stereocenters. The van der Waals surface area contributed by atoms with Crippen LogP contribution in [0.2, 0.25) is 0 Å². The minimum absolute atomic E-state index is 0.417. The number of aliphatic hydroxyl groups excluding tert-OH is 1. The third-order valence-electron chi connectivity index (χ3n) is 6.46. The van der Waals surface area contributed by atoms with Crippen molar-refractivity contribution in [3.05, 3.63) is 35.2 Å². The molecule has 1 saturated carbocycles. The first-order valence-corrected chi connectivity index (χ1v) is 11.5. The quantitative estimate of drug-likeness (QED) is 0.567. The third-order valence-corrected chi connectivity index (χ3v) is 6.46. The van der Waals surface area contributed by atoms with Crippen molar-refractivity contribution >= 4 is 22.7 Å². The first kappa shape index (κ1) is 22.5. The summed E-state index contributed by atoms with van der Waals surface area (Å²) in [6.07, 6.45) is 9.40. The molecular weight excluding hydrogens is 404 g/mol. The highest BCUT2D eigenvalue weighted by atomic mass is 16.5. The minimum atomic E-state index is 0.417. The Balaban J connectivity index is 0.000000260. The number of aliphatic hydroxyl groups is 1. The minimum Gasteiger partial charge on any atom is -0.495 e. The average Bonchev–Trinajstić information content (AvgIpc) is 3.19. The Kier molecular flexibility index (Phi) is 7.22. The molecule has 3 N–H and O–H groups in total. The van der Waals surface area contributed by atoms with E-state index in [4.69, 9.17) is 9.84 Å². The van der Waals surface area contributed by atoms with Crippen molar-refractivity contribution < 1.29 is 9.84 Å². The van der Waals surface area contributed by atoms with Crippen molar-refractivity contribution in [2.75, 3.05) is 32.6 Å². The number of benzene rings is 1. The van der Waals surface area contributed by atoms with E-state index in [0.29, 0.717) is 24.1 Å². The fourth-order valence-corrected chi connectivity index (χ4v) is 4.46. The van der Waals surface area contributed by atoms with Gasteiger partial charge in [0.05, 0.1) is 18.2 Å². The maximum atomic E-state index is 8.69. The molecule has 1 aromatic carbocycles. The van der Waals surface area contributed by atoms with Crippen molar-refractivity contribution in [2.24, 2.45) is 5.92 Å². The SMILES string of the molecule is COc1cc2c(cc1Nc1ncc3c(C)[nH]nc3n1)CN(C)CC2.OCC1CCCCC1. The summed E-state index contributed by atoms with van der Waals surface area (Å²) in [5.74, 6) is 1.96. The molecule has 172 valence electrons. The van der Waals surface area contributed by atoms with Gasteiger partial charge in [0.2, 0.25) is 5.95 Å². The molecular formula is C24H34N6O2. The molecule has 1 aliphatic heterocycles. The Labute approximate surface area is 189 Å². The number of fused-ring (bicyclic) bond motifs is 2. The topological polar surface area (TPSA) is 99.2 Å². The van der Waals surface area contributed by atoms with Gasteiger partial charge in [0.15, 0.2) is 5.65 Å². The fourth-order valence-electron chi connectivity index (χ4n) is 4.46. The first-order chi connectivity index (χ1) is 15.6. The largest absolute Gasteiger partial charge is 0.495 e. The van der Waals surface area contributed by atoms with Crippen LogP contribution in [0, 0.1) is 12.8 Å². The van der Waals surface area contributed by atoms with E-state index in [9.17, 15) is 0 Å². The number of nitrogens with one attached hydrogen (secondary N) is 2. The van der Waals surface area contributed by atoms with E-state index in [2.05, 4.69) is 49.6 Å². The molecule has 0 saturated heterocycles. The van der Waals surface area contributed by atoms with Crippen molar-refractivity contribution in [1.29, 1.82) is 0 Å². The normalized spacial score (nSPS) is 16.9. The molecule has 1 aliphatic carbocycles. The molecule has 2 aliphatic rings. The number of hydrogen-bond acceptors (Lipinski definition) is 7. The Morgan fingerprint density at radius 1 is 1.22 bits per heavy atom. The molecule has 0 bridgehead atoms. The van der Waals surface area contributed by atoms with Crippen LogP contribution in [0.5, 0.6) is 5.75 Å². The number of aromatic amines is 1. The van der Waals surface area contributed by atoms with Gasteiger partial charge in [-0.2, -0.15) is 10.1 Å². The number of aryl methyl sites for hydroxylation is 1. The number of hydrogen-bond donors (Lipinski definition) is 3. The van der Waals surface area contributed by atoms with Gasteiger partial charge in [-0.1, -0.05) is 19.3 Å². The molecule has 8 heteroatoms. The second-order valence-corrected chi connectivity index (χ2v) is 8.90. The van der Waals surface area contributed by atoms with Gasteiger partial charge < -0.3 is 20.1 Å². The Bertz CT molecular complexity index is 1040. The lowest BCUT2D eigenvalue weighted by Gasteiger charge is -2.26. The van der Waals surface area contributed by atoms with Crippen LogP contribution >= 0.6 is 0 Å². The van der Waals surface area contributed by atoms with E-state index in [0.717, 1.165) is 42.0 Å². The second kappa shape index (κ2) is 10.3. The van der Waals surface area contributed by atoms with Crippen LogP contribution in [0.15, 0.2) is 18.3 Å². The number of H-pyrrole nitrogens is 1. The predicted molar refractivity (Wildman–Crippen MR) is 126 cm³/mol. The van der Waals surface area contributed by atoms with Crippen LogP contribution in [0.3, 0.4) is 0 Å². The second-order valence-electron chi connectivity index (χ2n) is 8.90. The molecule has 1 fully saturated rings. The smallest absolute Gasteiger partial charge is 0.229 e. The maximum absolute atomic E-state index is 8.69. The Morgan fingerprint density at radius 2 is 2.03 bits per heavy atom. The van der Waals surface area contributed by atoms with E-state index >= 15 is 0 Å². The van der Waals surface area contributed by atoms with Crippen LogP contribution in [0.4, 0.5) is 11.6 Å². The fraction of sp³-hybridized carbons (Fsp3) is 0.542. The highest BCUT2D eigenvalue weighted by Crippen LogP contribution is 2.33. The molecule has 0 amide bonds. The molecule has 3 heterocycles. The summed E-state index contributed by atoms with van der Waals surface area (Å²) in [7, 11) is 3.82. The van der Waals surface area contributed by atoms with Gasteiger partial charge >= 0.3 is 0 Å². The lowest BCUT2D eigenvalue weighted by Crippen LogP contribution is -2.26. The molecule has 0 spiro atoms. The van der Waals surface area contributed by atoms with Gasteiger partial charge in [-0.3, -0.25) is 5.10 Å². The van der Waals surface area contributed by atoms with Crippen LogP contribution in [-0.2, 0) is 13.0 Å². The molecule has 0 atom stereocenters. The van der Waals surface area contributed by atoms with Crippen molar-refractivity contribution in [3.8, 4) is 5.75 Å². The van der Waals surface area contributed by atoms with Gasteiger partial charge in [-0.05, 0) is 62.4 Å². The van der Waals surface area contributed by atoms with Gasteiger partial charge in [0, 0.05) is 31.6 Å². The summed E-state index contributed by atoms with van der Waals surface area (Å²) in [6, 6.07) is 4.25. The van der Waals surface area contributed by atoms with Gasteiger partial charge in [-0.15, -0.1) is 0 Å². The van der Waals surface area contributed by atoms with Crippen molar-refractivity contribution in [3.63, 3.8) is 0 Å². The van der Waals surface area contributed by atoms with Crippen LogP contribution < -0.4 is 10.1 Å². The van der Waals surface area contributed by atoms with E-state index in [-0.39, 0.29) is 0 Å². The number of anilines is 2. The summed E-state index contributed by atoms with van der Waals surface area (Å²) >= 11 is 0. The zero-order chi connectivity index (χ0) is 22.5. The molecule has 32 heavy (non-hydrogen) atoms. The number of ether oxygens (including phenoxy) is 1. The Morgan fingerprint density at radius 3 is 2.75 bits per heavy atom. The molecule has 2 aromatic heterocycles. The predicted octanol–water partition coefficient (Wildman–Crippen LogP) is 3.96. The molecule has 0 radical (unpaired) electrons. The number of rotatable bonds is 4. The number of methoxy groups -OCH3 is 1. The van der Waals surface area contributed by atoms with E-state index in [1.165, 1.54) is 43.2 Å². The summed E-state index contributed by atoms with van der Waals surface area (Å²) in [5.41, 5.74) is 5.14. The molecule has 8 nitrogen and oxygen atoms in total. The van der Waals surface area contributed by atoms with Crippen molar-refractivity contribution in [1.82, 2.24) is 25.1 Å². The lowest BCUT2D eigenvalue weighted by atomic mass is 9.90. The number of aromatic nitrogens is 4. The van der Waals surface area contributed by atoms with Gasteiger partial charge in [-0.25, -0.2) is 4.98 Å². The lowest BCUT2D eigenvalue weighted by molar-refractivity contribution is 0.190. The monoisotopic (exact) mass is 438 g/mol. The van der Waals surface area contributed by atoms with E-state index in [1.807, 2.05) is 6.92 Å². The van der Waals surface area contributed by atoms with E-state index in [1.54, 1.807) is 13.3 Å². The third kappa shape index (κ3) is 5.19. The van der Waals surface area contributed by atoms with Crippen LogP contribution in [0.1, 0.15) is 48.9 Å². The summed E-state index contributed by atoms with van der Waals surface area (Å²) < 4.78 is 5.55. The number of likely N-dealkylation sites (N-methyl/N-ethyl adjacent to an activating group) is 1. The molecule has 5 rings (SSSR count). The zero-order valence-corrected chi connectivity index (χ0v) is 19.3. The summed E-state index contributed by atoms with van der Waals surface area (Å²) in [6.45, 7) is 4.38. The highest BCUT2D eigenvalue weighted by molar-refractivity contribution is 5.78. The Hall–Kier alpha value is -2.71. The number of nitrogens with zero attached hydrogens (tertiary/aromatic N) is 4. The van der Waals surface area contributed by atoms with Crippen molar-refractivity contribution in [2.45, 2.75) is 52.0 Å². The summed E-state index contributed by atoms with van der Waals surface area (Å²) in [4.78, 5) is 11.2. The van der Waals surface area contributed by atoms with Gasteiger partial charge in [0.25, 0.3) is 0 Å². The zero-order valence-electron chi connectivity index (χ0n) is 19.3. The average molecular weight is 439 g/mol. The summed E-state index contributed by atoms with van der Waals surface area (Å²) in [5, 5.41) is 20.0.